The van der Waals surface area contributed by atoms with Crippen molar-refractivity contribution < 1.29 is 14.0 Å². The molecular weight excluding hydrogens is 309 g/mol. The molecule has 0 radical (unpaired) electrons. The number of aryl methyl sites for hydroxylation is 1. The number of halogens is 1. The van der Waals surface area contributed by atoms with Crippen LogP contribution in [0.2, 0.25) is 0 Å². The number of anilines is 2. The van der Waals surface area contributed by atoms with E-state index in [4.69, 9.17) is 0 Å². The Balaban J connectivity index is 1.87. The fourth-order valence-corrected chi connectivity index (χ4v) is 2.61. The maximum Gasteiger partial charge on any atom is 0.272 e. The highest BCUT2D eigenvalue weighted by Crippen LogP contribution is 2.24. The maximum atomic E-state index is 13.3. The van der Waals surface area contributed by atoms with Crippen LogP contribution in [-0.2, 0) is 4.79 Å². The average molecular weight is 325 g/mol. The van der Waals surface area contributed by atoms with Gasteiger partial charge in [-0.3, -0.25) is 9.59 Å². The summed E-state index contributed by atoms with van der Waals surface area (Å²) in [5.74, 6) is -0.880. The summed E-state index contributed by atoms with van der Waals surface area (Å²) in [7, 11) is 0. The van der Waals surface area contributed by atoms with E-state index in [0.29, 0.717) is 22.6 Å². The molecule has 1 aromatic heterocycles. The van der Waals surface area contributed by atoms with Crippen molar-refractivity contribution >= 4 is 34.1 Å². The highest BCUT2D eigenvalue weighted by atomic mass is 19.1. The van der Waals surface area contributed by atoms with Crippen LogP contribution in [0.25, 0.3) is 10.9 Å². The van der Waals surface area contributed by atoms with Crippen molar-refractivity contribution in [3.63, 3.8) is 0 Å². The number of benzene rings is 2. The van der Waals surface area contributed by atoms with E-state index < -0.39 is 0 Å². The molecule has 0 atom stereocenters. The molecule has 122 valence electrons. The largest absolute Gasteiger partial charge is 0.350 e. The number of aromatic nitrogens is 1. The summed E-state index contributed by atoms with van der Waals surface area (Å²) in [6, 6.07) is 11.2. The van der Waals surface area contributed by atoms with Crippen LogP contribution in [0.1, 0.15) is 23.0 Å². The van der Waals surface area contributed by atoms with E-state index >= 15 is 0 Å². The Bertz CT molecular complexity index is 947. The second-order valence-electron chi connectivity index (χ2n) is 5.53. The highest BCUT2D eigenvalue weighted by Gasteiger charge is 2.15. The molecule has 6 heteroatoms. The summed E-state index contributed by atoms with van der Waals surface area (Å²) >= 11 is 0. The van der Waals surface area contributed by atoms with Gasteiger partial charge in [-0.1, -0.05) is 6.07 Å². The van der Waals surface area contributed by atoms with Crippen LogP contribution >= 0.6 is 0 Å². The van der Waals surface area contributed by atoms with Gasteiger partial charge in [0.05, 0.1) is 0 Å². The molecule has 24 heavy (non-hydrogen) atoms. The van der Waals surface area contributed by atoms with Gasteiger partial charge in [0, 0.05) is 29.2 Å². The van der Waals surface area contributed by atoms with E-state index in [1.807, 2.05) is 0 Å². The smallest absolute Gasteiger partial charge is 0.272 e. The quantitative estimate of drug-likeness (QED) is 0.685. The molecule has 0 aliphatic carbocycles. The Morgan fingerprint density at radius 3 is 2.46 bits per heavy atom. The summed E-state index contributed by atoms with van der Waals surface area (Å²) in [5.41, 5.74) is 2.84. The number of hydrogen-bond donors (Lipinski definition) is 3. The number of H-pyrrole nitrogens is 1. The fourth-order valence-electron chi connectivity index (χ4n) is 2.61. The first-order valence-electron chi connectivity index (χ1n) is 7.41. The highest BCUT2D eigenvalue weighted by molar-refractivity contribution is 6.08. The lowest BCUT2D eigenvalue weighted by Gasteiger charge is -2.07. The Morgan fingerprint density at radius 2 is 1.75 bits per heavy atom. The summed E-state index contributed by atoms with van der Waals surface area (Å²) in [4.78, 5) is 26.6. The number of carbonyl (C=O) groups excluding carboxylic acids is 2. The number of fused-ring (bicyclic) bond motifs is 1. The zero-order valence-electron chi connectivity index (χ0n) is 13.2. The minimum absolute atomic E-state index is 0.188. The minimum atomic E-state index is -0.362. The number of aromatic amines is 1. The van der Waals surface area contributed by atoms with Crippen molar-refractivity contribution in [1.29, 1.82) is 0 Å². The lowest BCUT2D eigenvalue weighted by atomic mass is 10.1. The molecule has 3 N–H and O–H groups in total. The first-order chi connectivity index (χ1) is 11.4. The van der Waals surface area contributed by atoms with E-state index in [1.165, 1.54) is 19.1 Å². The summed E-state index contributed by atoms with van der Waals surface area (Å²) in [6.07, 6.45) is 0. The molecule has 0 fully saturated rings. The van der Waals surface area contributed by atoms with E-state index in [-0.39, 0.29) is 17.6 Å². The van der Waals surface area contributed by atoms with E-state index in [9.17, 15) is 14.0 Å². The van der Waals surface area contributed by atoms with E-state index in [0.717, 1.165) is 10.9 Å². The topological polar surface area (TPSA) is 74.0 Å². The summed E-state index contributed by atoms with van der Waals surface area (Å²) < 4.78 is 13.3. The molecule has 5 nitrogen and oxygen atoms in total. The second kappa shape index (κ2) is 6.16. The fraction of sp³-hybridized carbons (Fsp3) is 0.111. The van der Waals surface area contributed by atoms with Crippen LogP contribution < -0.4 is 10.6 Å². The van der Waals surface area contributed by atoms with Gasteiger partial charge in [0.15, 0.2) is 0 Å². The molecule has 0 saturated heterocycles. The average Bonchev–Trinajstić information content (AvgIpc) is 2.83. The van der Waals surface area contributed by atoms with Crippen molar-refractivity contribution in [1.82, 2.24) is 4.98 Å². The van der Waals surface area contributed by atoms with E-state index in [1.54, 1.807) is 37.3 Å². The van der Waals surface area contributed by atoms with E-state index in [2.05, 4.69) is 15.6 Å². The third kappa shape index (κ3) is 3.12. The molecule has 1 heterocycles. The van der Waals surface area contributed by atoms with Crippen molar-refractivity contribution in [2.75, 3.05) is 10.6 Å². The van der Waals surface area contributed by atoms with Crippen LogP contribution in [0, 0.1) is 12.7 Å². The Kier molecular flexibility index (Phi) is 4.04. The number of carbonyl (C=O) groups is 2. The molecule has 0 unspecified atom stereocenters. The normalized spacial score (nSPS) is 10.6. The van der Waals surface area contributed by atoms with Crippen LogP contribution in [0.15, 0.2) is 42.5 Å². The van der Waals surface area contributed by atoms with Gasteiger partial charge >= 0.3 is 0 Å². The molecule has 3 aromatic rings. The Labute approximate surface area is 137 Å². The van der Waals surface area contributed by atoms with Gasteiger partial charge in [-0.25, -0.2) is 4.39 Å². The zero-order valence-corrected chi connectivity index (χ0v) is 13.2. The van der Waals surface area contributed by atoms with Gasteiger partial charge in [-0.15, -0.1) is 0 Å². The third-order valence-corrected chi connectivity index (χ3v) is 3.69. The Hall–Kier alpha value is -3.15. The van der Waals surface area contributed by atoms with Crippen molar-refractivity contribution in [3.8, 4) is 0 Å². The molecule has 0 aliphatic heterocycles. The van der Waals surface area contributed by atoms with Crippen LogP contribution in [0.4, 0.5) is 15.8 Å². The third-order valence-electron chi connectivity index (χ3n) is 3.69. The molecule has 2 amide bonds. The lowest BCUT2D eigenvalue weighted by Crippen LogP contribution is -2.14. The molecule has 3 rings (SSSR count). The van der Waals surface area contributed by atoms with Crippen LogP contribution in [0.5, 0.6) is 0 Å². The van der Waals surface area contributed by atoms with Gasteiger partial charge in [0.1, 0.15) is 11.5 Å². The zero-order chi connectivity index (χ0) is 17.3. The molecule has 0 spiro atoms. The first kappa shape index (κ1) is 15.7. The van der Waals surface area contributed by atoms with Gasteiger partial charge in [0.2, 0.25) is 5.91 Å². The number of hydrogen-bond acceptors (Lipinski definition) is 2. The monoisotopic (exact) mass is 325 g/mol. The predicted molar refractivity (Wildman–Crippen MR) is 91.7 cm³/mol. The second-order valence-corrected chi connectivity index (χ2v) is 5.53. The first-order valence-corrected chi connectivity index (χ1v) is 7.41. The van der Waals surface area contributed by atoms with Gasteiger partial charge < -0.3 is 15.6 Å². The number of nitrogens with one attached hydrogen (secondary N) is 3. The standard InChI is InChI=1S/C18H16FN3O2/c1-10-15-7-6-12(19)8-16(15)22-17(10)18(24)21-14-5-3-4-13(9-14)20-11(2)23/h3-9,22H,1-2H3,(H,20,23)(H,21,24). The van der Waals surface area contributed by atoms with Crippen molar-refractivity contribution in [2.24, 2.45) is 0 Å². The molecule has 0 aliphatic rings. The number of rotatable bonds is 3. The van der Waals surface area contributed by atoms with Crippen LogP contribution in [0.3, 0.4) is 0 Å². The number of amides is 2. The van der Waals surface area contributed by atoms with Gasteiger partial charge in [-0.2, -0.15) is 0 Å². The molecule has 0 saturated carbocycles. The molecular formula is C18H16FN3O2. The maximum absolute atomic E-state index is 13.3. The minimum Gasteiger partial charge on any atom is -0.350 e. The molecule has 0 bridgehead atoms. The van der Waals surface area contributed by atoms with Crippen LogP contribution in [-0.4, -0.2) is 16.8 Å². The Morgan fingerprint density at radius 1 is 1.04 bits per heavy atom. The summed E-state index contributed by atoms with van der Waals surface area (Å²) in [5, 5.41) is 6.23. The van der Waals surface area contributed by atoms with Gasteiger partial charge in [-0.05, 0) is 48.9 Å². The van der Waals surface area contributed by atoms with Crippen molar-refractivity contribution in [2.45, 2.75) is 13.8 Å². The predicted octanol–water partition coefficient (Wildman–Crippen LogP) is 3.83. The van der Waals surface area contributed by atoms with Crippen molar-refractivity contribution in [3.05, 3.63) is 59.5 Å². The SMILES string of the molecule is CC(=O)Nc1cccc(NC(=O)c2[nH]c3cc(F)ccc3c2C)c1. The van der Waals surface area contributed by atoms with Gasteiger partial charge in [0.25, 0.3) is 5.91 Å². The summed E-state index contributed by atoms with van der Waals surface area (Å²) in [6.45, 7) is 3.22. The molecule has 2 aromatic carbocycles. The lowest BCUT2D eigenvalue weighted by molar-refractivity contribution is -0.114.